The highest BCUT2D eigenvalue weighted by molar-refractivity contribution is 7.48. The Morgan fingerprint density at radius 1 is 0.368 bits per heavy atom. The molecule has 125 heavy (non-hydrogen) atoms. The van der Waals surface area contributed by atoms with Gasteiger partial charge in [0.05, 0.1) is 58.2 Å². The topological polar surface area (TPSA) is 273 Å². The van der Waals surface area contributed by atoms with Crippen molar-refractivity contribution >= 4 is 49.5 Å². The van der Waals surface area contributed by atoms with Gasteiger partial charge in [-0.3, -0.25) is 47.1 Å². The predicted octanol–water partition coefficient (Wildman–Crippen LogP) is 25.8. The van der Waals surface area contributed by atoms with Crippen LogP contribution in [0.4, 0.5) is 0 Å². The molecule has 1 fully saturated rings. The van der Waals surface area contributed by atoms with Crippen molar-refractivity contribution in [2.75, 3.05) is 13.2 Å². The molecule has 3 aromatic rings. The van der Waals surface area contributed by atoms with E-state index in [4.69, 9.17) is 46.7 Å². The monoisotopic (exact) mass is 1770 g/mol. The van der Waals surface area contributed by atoms with Crippen LogP contribution in [0.15, 0.2) is 91.0 Å². The molecule has 712 valence electrons. The SMILES string of the molecule is CCCCCCCCCCC[C@H](CC(=O)N[C@@H](CO[C@@H]1O[C@H](CO)[C@@H](OP(=O)(OCc2ccccc2)OCc2ccccc2)[C@H](OC(=O)C[C@@H](CCCCCCCCCCC)OC(=O)CCCCCCCCC)[C@H]1NC(=O)C[C@@H](CCCCCCCCCCC)OC(=O)CCCCCCCCC)CC(=O)OCc1ccccc1)OC(=O)CCCCCCCCC. The summed E-state index contributed by atoms with van der Waals surface area (Å²) in [5.41, 5.74) is 1.91. The number of esters is 5. The van der Waals surface area contributed by atoms with E-state index in [0.29, 0.717) is 74.5 Å². The lowest BCUT2D eigenvalue weighted by atomic mass is 9.95. The molecule has 2 amide bonds. The van der Waals surface area contributed by atoms with Gasteiger partial charge in [0.25, 0.3) is 0 Å². The highest BCUT2D eigenvalue weighted by Crippen LogP contribution is 2.54. The Morgan fingerprint density at radius 3 is 1.04 bits per heavy atom. The van der Waals surface area contributed by atoms with Crippen molar-refractivity contribution in [2.24, 2.45) is 0 Å². The van der Waals surface area contributed by atoms with Crippen molar-refractivity contribution in [1.82, 2.24) is 10.6 Å². The van der Waals surface area contributed by atoms with Crippen molar-refractivity contribution in [3.05, 3.63) is 108 Å². The molecule has 1 heterocycles. The summed E-state index contributed by atoms with van der Waals surface area (Å²) in [5.74, 6) is -4.14. The van der Waals surface area contributed by atoms with Gasteiger partial charge in [0.2, 0.25) is 11.8 Å². The van der Waals surface area contributed by atoms with E-state index in [0.717, 1.165) is 212 Å². The van der Waals surface area contributed by atoms with Crippen molar-refractivity contribution < 1.29 is 90.0 Å². The maximum absolute atomic E-state index is 15.9. The molecule has 4 rings (SSSR count). The average Bonchev–Trinajstić information content (AvgIpc) is 0.773. The number of carbonyl (C=O) groups excluding carboxylic acids is 7. The van der Waals surface area contributed by atoms with Crippen molar-refractivity contribution in [3.8, 4) is 0 Å². The largest absolute Gasteiger partial charge is 0.475 e. The van der Waals surface area contributed by atoms with E-state index in [9.17, 15) is 29.1 Å². The first-order chi connectivity index (χ1) is 61.0. The van der Waals surface area contributed by atoms with Crippen molar-refractivity contribution in [1.29, 1.82) is 0 Å². The van der Waals surface area contributed by atoms with E-state index in [1.165, 1.54) is 57.8 Å². The fourth-order valence-corrected chi connectivity index (χ4v) is 17.4. The number of hydrogen-bond donors (Lipinski definition) is 3. The molecule has 3 aromatic carbocycles. The second-order valence-electron chi connectivity index (χ2n) is 35.2. The average molecular weight is 1770 g/mol. The standard InChI is InChI=1S/C103H171N2O19P/c1-7-13-19-25-31-34-40-43-58-70-89(119-95(109)73-61-46-37-28-22-16-10-4)77-93(107)104-88(76-98(112)115-81-85-64-52-49-53-65-85)84-116-103-100(105-94(108)78-90(71-59-44-41-35-32-26-20-14-8-2)120-96(110)74-62-47-38-29-23-17-11-5)102(101(92(80-106)122-103)124-125(114,117-82-86-66-54-50-55-67-86)118-83-87-68-56-51-57-69-87)123-99(113)79-91(72-60-45-42-36-33-27-21-15-9-3)121-97(111)75-63-48-39-30-24-18-12-6/h49-57,64-69,88-92,100-103,106H,7-48,58-63,70-84H2,1-6H3,(H,104,107)(H,105,108)/t88-,89-,90-,91-,92-,100-,101-,102-,103-/m1/s1. The Morgan fingerprint density at radius 2 is 0.688 bits per heavy atom. The summed E-state index contributed by atoms with van der Waals surface area (Å²) in [6.07, 6.45) is 39.4. The molecule has 0 radical (unpaired) electrons. The summed E-state index contributed by atoms with van der Waals surface area (Å²) >= 11 is 0. The number of benzene rings is 3. The fraction of sp³-hybridized carbons (Fsp3) is 0.757. The smallest absolute Gasteiger partial charge is 0.462 e. The quantitative estimate of drug-likeness (QED) is 0.0205. The van der Waals surface area contributed by atoms with Crippen LogP contribution in [0.2, 0.25) is 0 Å². The van der Waals surface area contributed by atoms with Crippen LogP contribution >= 0.6 is 7.82 Å². The molecular weight excluding hydrogens is 1600 g/mol. The number of unbranched alkanes of at least 4 members (excludes halogenated alkanes) is 42. The van der Waals surface area contributed by atoms with E-state index in [1.54, 1.807) is 48.5 Å². The number of aliphatic hydroxyl groups excluding tert-OH is 1. The lowest BCUT2D eigenvalue weighted by Crippen LogP contribution is -2.66. The Labute approximate surface area is 755 Å². The first-order valence-electron chi connectivity index (χ1n) is 50.1. The third kappa shape index (κ3) is 56.9. The number of ether oxygens (including phenoxy) is 7. The third-order valence-corrected chi connectivity index (χ3v) is 25.0. The first kappa shape index (κ1) is 111. The van der Waals surface area contributed by atoms with Gasteiger partial charge in [0.15, 0.2) is 12.4 Å². The Hall–Kier alpha value is -6.06. The molecule has 0 aliphatic carbocycles. The van der Waals surface area contributed by atoms with Crippen LogP contribution in [0.25, 0.3) is 0 Å². The van der Waals surface area contributed by atoms with Gasteiger partial charge in [-0.05, 0) is 74.5 Å². The Balaban J connectivity index is 1.93. The van der Waals surface area contributed by atoms with Crippen LogP contribution in [-0.4, -0.2) is 115 Å². The lowest BCUT2D eigenvalue weighted by Gasteiger charge is -2.46. The van der Waals surface area contributed by atoms with Crippen LogP contribution in [0.5, 0.6) is 0 Å². The molecule has 0 bridgehead atoms. The maximum Gasteiger partial charge on any atom is 0.475 e. The second kappa shape index (κ2) is 74.7. The number of amides is 2. The normalized spacial score (nSPS) is 16.2. The molecule has 0 spiro atoms. The maximum atomic E-state index is 15.9. The molecule has 1 saturated heterocycles. The van der Waals surface area contributed by atoms with Gasteiger partial charge in [-0.2, -0.15) is 0 Å². The van der Waals surface area contributed by atoms with Gasteiger partial charge >= 0.3 is 37.7 Å². The van der Waals surface area contributed by atoms with E-state index in [2.05, 4.69) is 52.2 Å². The molecule has 3 N–H and O–H groups in total. The Kier molecular flexibility index (Phi) is 66.5. The second-order valence-corrected chi connectivity index (χ2v) is 36.8. The molecule has 0 aromatic heterocycles. The Bertz CT molecular complexity index is 3180. The highest BCUT2D eigenvalue weighted by Gasteiger charge is 2.54. The van der Waals surface area contributed by atoms with E-state index in [-0.39, 0.29) is 57.9 Å². The predicted molar refractivity (Wildman–Crippen MR) is 498 cm³/mol. The first-order valence-corrected chi connectivity index (χ1v) is 51.6. The van der Waals surface area contributed by atoms with Gasteiger partial charge in [-0.1, -0.05) is 402 Å². The van der Waals surface area contributed by atoms with Crippen LogP contribution in [0.1, 0.15) is 431 Å². The number of aliphatic hydroxyl groups is 1. The molecule has 9 atom stereocenters. The van der Waals surface area contributed by atoms with Crippen molar-refractivity contribution in [2.45, 2.75) is 489 Å². The number of phosphoric acid groups is 1. The molecule has 1 aliphatic heterocycles. The molecule has 22 heteroatoms. The number of rotatable bonds is 82. The van der Waals surface area contributed by atoms with Crippen LogP contribution in [-0.2, 0) is 105 Å². The number of carbonyl (C=O) groups is 7. The van der Waals surface area contributed by atoms with Gasteiger partial charge < -0.3 is 48.9 Å². The van der Waals surface area contributed by atoms with Gasteiger partial charge in [-0.15, -0.1) is 0 Å². The van der Waals surface area contributed by atoms with E-state index in [1.807, 2.05) is 42.5 Å². The molecular formula is C103H171N2O19P. The number of nitrogens with one attached hydrogen (secondary N) is 2. The van der Waals surface area contributed by atoms with Gasteiger partial charge in [0.1, 0.15) is 43.2 Å². The zero-order valence-corrected chi connectivity index (χ0v) is 79.5. The molecule has 1 aliphatic rings. The minimum atomic E-state index is -4.95. The fourth-order valence-electron chi connectivity index (χ4n) is 16.1. The summed E-state index contributed by atoms with van der Waals surface area (Å²) in [6, 6.07) is 24.1. The zero-order valence-electron chi connectivity index (χ0n) is 78.6. The summed E-state index contributed by atoms with van der Waals surface area (Å²) in [6.45, 7) is 11.0. The lowest BCUT2D eigenvalue weighted by molar-refractivity contribution is -0.273. The number of phosphoric ester groups is 1. The van der Waals surface area contributed by atoms with Gasteiger partial charge in [-0.25, -0.2) is 4.57 Å². The molecule has 21 nitrogen and oxygen atoms in total. The molecule has 0 unspecified atom stereocenters. The van der Waals surface area contributed by atoms with Crippen LogP contribution in [0, 0.1) is 0 Å². The third-order valence-electron chi connectivity index (χ3n) is 23.6. The highest BCUT2D eigenvalue weighted by atomic mass is 31.2. The number of hydrogen-bond acceptors (Lipinski definition) is 19. The summed E-state index contributed by atoms with van der Waals surface area (Å²) in [5, 5.41) is 18.0. The minimum absolute atomic E-state index is 0.0931. The summed E-state index contributed by atoms with van der Waals surface area (Å²) < 4.78 is 80.3. The summed E-state index contributed by atoms with van der Waals surface area (Å²) in [4.78, 5) is 102. The van der Waals surface area contributed by atoms with Crippen LogP contribution < -0.4 is 10.6 Å². The van der Waals surface area contributed by atoms with E-state index < -0.39 is 125 Å². The zero-order chi connectivity index (χ0) is 90.1. The van der Waals surface area contributed by atoms with Crippen LogP contribution in [0.3, 0.4) is 0 Å². The van der Waals surface area contributed by atoms with E-state index >= 15 is 14.2 Å². The van der Waals surface area contributed by atoms with Crippen molar-refractivity contribution in [3.63, 3.8) is 0 Å². The van der Waals surface area contributed by atoms with Gasteiger partial charge in [0, 0.05) is 19.3 Å². The molecule has 0 saturated carbocycles. The summed E-state index contributed by atoms with van der Waals surface area (Å²) in [7, 11) is -4.95. The minimum Gasteiger partial charge on any atom is -0.462 e.